The van der Waals surface area contributed by atoms with E-state index in [-0.39, 0.29) is 22.1 Å². The Kier molecular flexibility index (Phi) is 7.31. The van der Waals surface area contributed by atoms with E-state index >= 15 is 0 Å². The van der Waals surface area contributed by atoms with Crippen LogP contribution in [0.15, 0.2) is 42.7 Å². The monoisotopic (exact) mass is 518 g/mol. The van der Waals surface area contributed by atoms with Crippen molar-refractivity contribution < 1.29 is 30.4 Å². The van der Waals surface area contributed by atoms with Crippen molar-refractivity contribution in [3.05, 3.63) is 54.0 Å². The Hall–Kier alpha value is -2.57. The zero-order chi connectivity index (χ0) is 26.3. The van der Waals surface area contributed by atoms with Crippen molar-refractivity contribution in [3.8, 4) is 11.1 Å². The van der Waals surface area contributed by atoms with Gasteiger partial charge in [0.2, 0.25) is 0 Å². The first-order chi connectivity index (χ1) is 16.0. The lowest BCUT2D eigenvalue weighted by molar-refractivity contribution is -0.140. The Bertz CT molecular complexity index is 1310. The van der Waals surface area contributed by atoms with Crippen LogP contribution in [-0.2, 0) is 22.9 Å². The molecule has 3 rings (SSSR count). The van der Waals surface area contributed by atoms with Gasteiger partial charge in [0.25, 0.3) is 16.6 Å². The van der Waals surface area contributed by atoms with E-state index in [1.807, 2.05) is 25.5 Å². The van der Waals surface area contributed by atoms with E-state index in [9.17, 15) is 30.4 Å². The minimum absolute atomic E-state index is 0.0263. The summed E-state index contributed by atoms with van der Waals surface area (Å²) in [5.41, 5.74) is -0.880. The van der Waals surface area contributed by atoms with Crippen LogP contribution in [-0.4, -0.2) is 42.8 Å². The Morgan fingerprint density at radius 1 is 1.11 bits per heavy atom. The highest BCUT2D eigenvalue weighted by Crippen LogP contribution is 2.38. The van der Waals surface area contributed by atoms with Gasteiger partial charge < -0.3 is 4.57 Å². The fourth-order valence-electron chi connectivity index (χ4n) is 3.76. The molecule has 0 radical (unpaired) electrons. The lowest BCUT2D eigenvalue weighted by Crippen LogP contribution is -2.40. The van der Waals surface area contributed by atoms with Crippen LogP contribution in [0, 0.1) is 5.41 Å². The van der Waals surface area contributed by atoms with Crippen molar-refractivity contribution in [1.29, 1.82) is 0 Å². The molecule has 192 valence electrons. The molecule has 0 bridgehead atoms. The van der Waals surface area contributed by atoms with Crippen LogP contribution in [0.1, 0.15) is 38.1 Å². The normalized spacial score (nSPS) is 14.3. The Labute approximate surface area is 200 Å². The molecule has 0 aliphatic carbocycles. The molecule has 0 saturated carbocycles. The molecule has 0 saturated heterocycles. The zero-order valence-electron chi connectivity index (χ0n) is 19.9. The van der Waals surface area contributed by atoms with Gasteiger partial charge in [0, 0.05) is 55.1 Å². The van der Waals surface area contributed by atoms with Gasteiger partial charge in [-0.15, -0.1) is 0 Å². The number of rotatable bonds is 7. The van der Waals surface area contributed by atoms with Crippen molar-refractivity contribution in [1.82, 2.24) is 18.6 Å². The number of hydrogen-bond donors (Lipinski definition) is 1. The third-order valence-corrected chi connectivity index (χ3v) is 6.80. The molecule has 0 amide bonds. The average molecular weight is 519 g/mol. The summed E-state index contributed by atoms with van der Waals surface area (Å²) >= 11 is 0. The first-order valence-corrected chi connectivity index (χ1v) is 12.1. The third-order valence-electron chi connectivity index (χ3n) is 5.29. The van der Waals surface area contributed by atoms with Crippen LogP contribution in [0.2, 0.25) is 0 Å². The number of halogens is 5. The van der Waals surface area contributed by atoms with Crippen molar-refractivity contribution >= 4 is 21.1 Å². The number of aromatic nitrogens is 2. The molecule has 0 spiro atoms. The summed E-state index contributed by atoms with van der Waals surface area (Å²) in [6, 6.07) is 5.13. The highest BCUT2D eigenvalue weighted by atomic mass is 32.2. The number of nitrogens with one attached hydrogen (secondary N) is 1. The molecular weight excluding hydrogens is 491 g/mol. The molecule has 1 N–H and O–H groups in total. The summed E-state index contributed by atoms with van der Waals surface area (Å²) in [5, 5.41) is 0.308. The molecule has 1 aromatic carbocycles. The fraction of sp³-hybridized carbons (Fsp3) is 0.435. The first kappa shape index (κ1) is 27.0. The maximum Gasteiger partial charge on any atom is 0.433 e. The molecule has 12 heteroatoms. The number of fused-ring (bicyclic) bond motifs is 1. The predicted octanol–water partition coefficient (Wildman–Crippen LogP) is 5.47. The van der Waals surface area contributed by atoms with Gasteiger partial charge in [0.05, 0.1) is 0 Å². The van der Waals surface area contributed by atoms with Gasteiger partial charge in [0.1, 0.15) is 6.04 Å². The molecule has 35 heavy (non-hydrogen) atoms. The van der Waals surface area contributed by atoms with Crippen LogP contribution < -0.4 is 4.72 Å². The highest BCUT2D eigenvalue weighted by Gasteiger charge is 2.36. The second-order valence-electron chi connectivity index (χ2n) is 9.62. The molecule has 0 aliphatic heterocycles. The van der Waals surface area contributed by atoms with Crippen LogP contribution >= 0.6 is 0 Å². The van der Waals surface area contributed by atoms with E-state index in [0.717, 1.165) is 10.5 Å². The molecule has 0 unspecified atom stereocenters. The Morgan fingerprint density at radius 3 is 2.31 bits per heavy atom. The van der Waals surface area contributed by atoms with Crippen LogP contribution in [0.5, 0.6) is 0 Å². The quantitative estimate of drug-likeness (QED) is 0.422. The number of nitrogens with zero attached hydrogens (tertiary/aromatic N) is 3. The number of benzene rings is 1. The molecular formula is C23H27F5N4O2S. The first-order valence-electron chi connectivity index (χ1n) is 10.6. The van der Waals surface area contributed by atoms with Crippen LogP contribution in [0.3, 0.4) is 0 Å². The van der Waals surface area contributed by atoms with E-state index in [2.05, 4.69) is 4.98 Å². The molecule has 2 heterocycles. The van der Waals surface area contributed by atoms with E-state index in [1.54, 1.807) is 4.57 Å². The number of hydrogen-bond acceptors (Lipinski definition) is 3. The van der Waals surface area contributed by atoms with Crippen molar-refractivity contribution in [2.75, 3.05) is 14.1 Å². The fourth-order valence-corrected chi connectivity index (χ4v) is 4.52. The van der Waals surface area contributed by atoms with Crippen molar-refractivity contribution in [2.45, 2.75) is 46.0 Å². The van der Waals surface area contributed by atoms with Gasteiger partial charge in [-0.1, -0.05) is 39.0 Å². The molecule has 2 aromatic heterocycles. The standard InChI is InChI=1S/C23H27F5N4O2S/c1-22(2,3)13-32-12-17(19(21(24)25)30-35(33,34)31(4)5)16-9-8-14(11-18(16)32)15-7-6-10-29-20(15)23(26,27)28/h6-12,19,21,30H,13H2,1-5H3/t19-/m0/s1. The minimum Gasteiger partial charge on any atom is -0.347 e. The minimum atomic E-state index is -4.69. The zero-order valence-corrected chi connectivity index (χ0v) is 20.7. The van der Waals surface area contributed by atoms with E-state index < -0.39 is 34.5 Å². The largest absolute Gasteiger partial charge is 0.433 e. The smallest absolute Gasteiger partial charge is 0.347 e. The summed E-state index contributed by atoms with van der Waals surface area (Å²) < 4.78 is 98.0. The van der Waals surface area contributed by atoms with Crippen molar-refractivity contribution in [2.24, 2.45) is 5.41 Å². The van der Waals surface area contributed by atoms with Gasteiger partial charge >= 0.3 is 6.18 Å². The molecule has 0 aliphatic rings. The number of alkyl halides is 5. The summed E-state index contributed by atoms with van der Waals surface area (Å²) in [6.45, 7) is 6.11. The number of pyridine rings is 1. The molecule has 0 fully saturated rings. The maximum absolute atomic E-state index is 14.1. The van der Waals surface area contributed by atoms with Gasteiger partial charge in [-0.05, 0) is 23.1 Å². The topological polar surface area (TPSA) is 67.2 Å². The van der Waals surface area contributed by atoms with Gasteiger partial charge in [-0.2, -0.15) is 30.6 Å². The Balaban J connectivity index is 2.25. The van der Waals surface area contributed by atoms with E-state index in [4.69, 9.17) is 0 Å². The SMILES string of the molecule is CN(C)S(=O)(=O)N[C@@H](c1cn(CC(C)(C)C)c2cc(-c3cccnc3C(F)(F)F)ccc12)C(F)F. The van der Waals surface area contributed by atoms with E-state index in [1.165, 1.54) is 50.6 Å². The second-order valence-corrected chi connectivity index (χ2v) is 11.5. The molecule has 6 nitrogen and oxygen atoms in total. The summed E-state index contributed by atoms with van der Waals surface area (Å²) in [5.74, 6) is 0. The maximum atomic E-state index is 14.1. The summed E-state index contributed by atoms with van der Waals surface area (Å²) in [4.78, 5) is 3.49. The summed E-state index contributed by atoms with van der Waals surface area (Å²) in [7, 11) is -1.77. The van der Waals surface area contributed by atoms with Gasteiger partial charge in [-0.3, -0.25) is 4.98 Å². The van der Waals surface area contributed by atoms with Gasteiger partial charge in [0.15, 0.2) is 5.69 Å². The van der Waals surface area contributed by atoms with Crippen LogP contribution in [0.4, 0.5) is 22.0 Å². The van der Waals surface area contributed by atoms with Gasteiger partial charge in [-0.25, -0.2) is 8.78 Å². The van der Waals surface area contributed by atoms with Crippen LogP contribution in [0.25, 0.3) is 22.0 Å². The van der Waals surface area contributed by atoms with Crippen molar-refractivity contribution in [3.63, 3.8) is 0 Å². The summed E-state index contributed by atoms with van der Waals surface area (Å²) in [6.07, 6.45) is -5.28. The third kappa shape index (κ3) is 5.99. The lowest BCUT2D eigenvalue weighted by Gasteiger charge is -2.21. The molecule has 1 atom stereocenters. The lowest BCUT2D eigenvalue weighted by atomic mass is 9.96. The highest BCUT2D eigenvalue weighted by molar-refractivity contribution is 7.87. The average Bonchev–Trinajstić information content (AvgIpc) is 3.07. The Morgan fingerprint density at radius 2 is 1.77 bits per heavy atom. The molecule has 3 aromatic rings. The van der Waals surface area contributed by atoms with E-state index in [0.29, 0.717) is 17.4 Å². The predicted molar refractivity (Wildman–Crippen MR) is 124 cm³/mol. The second kappa shape index (κ2) is 9.47.